The second kappa shape index (κ2) is 5.14. The number of ether oxygens (including phenoxy) is 1. The number of hydrogen-bond donors (Lipinski definition) is 1. The first-order chi connectivity index (χ1) is 7.08. The average Bonchev–Trinajstić information content (AvgIpc) is 2.16. The molecule has 0 aliphatic rings. The monoisotopic (exact) mass is 207 g/mol. The normalized spacial score (nSPS) is 10.9. The average molecular weight is 207 g/mol. The highest BCUT2D eigenvalue weighted by atomic mass is 16.5. The Morgan fingerprint density at radius 3 is 2.53 bits per heavy atom. The molecule has 0 aliphatic heterocycles. The molecular formula is C11H13NO3. The Morgan fingerprint density at radius 1 is 1.40 bits per heavy atom. The van der Waals surface area contributed by atoms with Crippen LogP contribution < -0.4 is 0 Å². The Balaban J connectivity index is 2.57. The Kier molecular flexibility index (Phi) is 3.85. The van der Waals surface area contributed by atoms with Gasteiger partial charge in [-0.3, -0.25) is 0 Å². The molecule has 0 saturated heterocycles. The minimum Gasteiger partial charge on any atom is -0.508 e. The highest BCUT2D eigenvalue weighted by molar-refractivity contribution is 6.23. The fraction of sp³-hybridized carbons (Fsp3) is 0.273. The number of phenolic OH excluding ortho intramolecular Hbond substituents is 1. The van der Waals surface area contributed by atoms with Crippen LogP contribution in [0.2, 0.25) is 0 Å². The molecule has 80 valence electrons. The molecular weight excluding hydrogens is 194 g/mol. The molecule has 4 nitrogen and oxygen atoms in total. The zero-order valence-electron chi connectivity index (χ0n) is 8.68. The van der Waals surface area contributed by atoms with E-state index in [0.29, 0.717) is 5.69 Å². The van der Waals surface area contributed by atoms with Gasteiger partial charge in [-0.05, 0) is 38.1 Å². The molecule has 0 amide bonds. The van der Waals surface area contributed by atoms with Gasteiger partial charge in [0.25, 0.3) is 0 Å². The molecule has 0 fully saturated rings. The molecule has 0 bridgehead atoms. The molecule has 0 heterocycles. The quantitative estimate of drug-likeness (QED) is 0.609. The van der Waals surface area contributed by atoms with E-state index in [9.17, 15) is 4.79 Å². The topological polar surface area (TPSA) is 58.9 Å². The highest BCUT2D eigenvalue weighted by Gasteiger charge is 2.00. The summed E-state index contributed by atoms with van der Waals surface area (Å²) < 4.78 is 4.86. The van der Waals surface area contributed by atoms with Crippen LogP contribution in [0.5, 0.6) is 5.75 Å². The van der Waals surface area contributed by atoms with Crippen LogP contribution in [0.25, 0.3) is 0 Å². The summed E-state index contributed by atoms with van der Waals surface area (Å²) in [7, 11) is 0. The van der Waals surface area contributed by atoms with Crippen molar-refractivity contribution in [1.29, 1.82) is 0 Å². The Morgan fingerprint density at radius 2 is 2.00 bits per heavy atom. The molecule has 0 radical (unpaired) electrons. The van der Waals surface area contributed by atoms with Crippen molar-refractivity contribution >= 4 is 17.9 Å². The number of phenols is 1. The van der Waals surface area contributed by atoms with Crippen LogP contribution in [0.15, 0.2) is 29.3 Å². The second-order valence-corrected chi connectivity index (χ2v) is 3.26. The lowest BCUT2D eigenvalue weighted by molar-refractivity contribution is -0.138. The summed E-state index contributed by atoms with van der Waals surface area (Å²) in [6.07, 6.45) is 0.968. The Hall–Kier alpha value is -1.84. The molecule has 0 saturated carbocycles. The van der Waals surface area contributed by atoms with Crippen LogP contribution in [0.1, 0.15) is 13.8 Å². The predicted molar refractivity (Wildman–Crippen MR) is 57.5 cm³/mol. The zero-order chi connectivity index (χ0) is 11.3. The van der Waals surface area contributed by atoms with Gasteiger partial charge in [0.15, 0.2) is 0 Å². The van der Waals surface area contributed by atoms with Crippen LogP contribution in [-0.4, -0.2) is 23.4 Å². The Labute approximate surface area is 88.2 Å². The molecule has 0 spiro atoms. The number of aromatic hydroxyl groups is 1. The maximum atomic E-state index is 11.1. The number of carbonyl (C=O) groups excluding carboxylic acids is 1. The van der Waals surface area contributed by atoms with E-state index in [1.165, 1.54) is 12.1 Å². The minimum absolute atomic E-state index is 0.149. The first-order valence-corrected chi connectivity index (χ1v) is 4.61. The lowest BCUT2D eigenvalue weighted by Gasteiger charge is -2.03. The van der Waals surface area contributed by atoms with Crippen molar-refractivity contribution in [1.82, 2.24) is 0 Å². The molecule has 0 unspecified atom stereocenters. The van der Waals surface area contributed by atoms with Crippen molar-refractivity contribution in [3.63, 3.8) is 0 Å². The first kappa shape index (κ1) is 11.2. The molecule has 1 N–H and O–H groups in total. The maximum Gasteiger partial charge on any atom is 0.349 e. The molecule has 4 heteroatoms. The van der Waals surface area contributed by atoms with Gasteiger partial charge in [-0.25, -0.2) is 9.79 Å². The van der Waals surface area contributed by atoms with Gasteiger partial charge in [-0.1, -0.05) is 0 Å². The Bertz CT molecular complexity index is 355. The third-order valence-electron chi connectivity index (χ3n) is 1.52. The van der Waals surface area contributed by atoms with Gasteiger partial charge in [0.05, 0.1) is 11.8 Å². The maximum absolute atomic E-state index is 11.1. The number of carbonyl (C=O) groups is 1. The molecule has 1 aromatic carbocycles. The van der Waals surface area contributed by atoms with E-state index in [4.69, 9.17) is 9.84 Å². The summed E-state index contributed by atoms with van der Waals surface area (Å²) >= 11 is 0. The number of benzene rings is 1. The van der Waals surface area contributed by atoms with Gasteiger partial charge in [0, 0.05) is 0 Å². The van der Waals surface area contributed by atoms with Crippen LogP contribution >= 0.6 is 0 Å². The van der Waals surface area contributed by atoms with Crippen LogP contribution in [0.4, 0.5) is 5.69 Å². The number of aliphatic imine (C=N–C) groups is 1. The molecule has 15 heavy (non-hydrogen) atoms. The lowest BCUT2D eigenvalue weighted by Crippen LogP contribution is -2.11. The largest absolute Gasteiger partial charge is 0.508 e. The number of rotatable bonds is 3. The smallest absolute Gasteiger partial charge is 0.349 e. The van der Waals surface area contributed by atoms with Crippen molar-refractivity contribution in [2.45, 2.75) is 20.0 Å². The molecule has 0 atom stereocenters. The zero-order valence-corrected chi connectivity index (χ0v) is 8.68. The van der Waals surface area contributed by atoms with Crippen molar-refractivity contribution in [3.05, 3.63) is 24.3 Å². The number of esters is 1. The summed E-state index contributed by atoms with van der Waals surface area (Å²) in [6.45, 7) is 3.54. The van der Waals surface area contributed by atoms with E-state index in [1.54, 1.807) is 26.0 Å². The van der Waals surface area contributed by atoms with Crippen LogP contribution in [0.3, 0.4) is 0 Å². The fourth-order valence-electron chi connectivity index (χ4n) is 0.929. The van der Waals surface area contributed by atoms with E-state index >= 15 is 0 Å². The van der Waals surface area contributed by atoms with Gasteiger partial charge in [0.1, 0.15) is 12.0 Å². The summed E-state index contributed by atoms with van der Waals surface area (Å²) in [5.41, 5.74) is 0.591. The van der Waals surface area contributed by atoms with E-state index in [0.717, 1.165) is 6.21 Å². The summed E-state index contributed by atoms with van der Waals surface area (Å²) in [5.74, 6) is -0.309. The lowest BCUT2D eigenvalue weighted by atomic mass is 10.3. The van der Waals surface area contributed by atoms with Gasteiger partial charge < -0.3 is 9.84 Å². The van der Waals surface area contributed by atoms with E-state index in [2.05, 4.69) is 4.99 Å². The van der Waals surface area contributed by atoms with Crippen LogP contribution in [-0.2, 0) is 9.53 Å². The van der Waals surface area contributed by atoms with Crippen molar-refractivity contribution in [2.75, 3.05) is 0 Å². The van der Waals surface area contributed by atoms with Crippen molar-refractivity contribution < 1.29 is 14.6 Å². The summed E-state index contributed by atoms with van der Waals surface area (Å²) in [4.78, 5) is 15.0. The summed E-state index contributed by atoms with van der Waals surface area (Å²) in [6, 6.07) is 6.21. The molecule has 1 rings (SSSR count). The van der Waals surface area contributed by atoms with E-state index in [-0.39, 0.29) is 11.9 Å². The van der Waals surface area contributed by atoms with Crippen molar-refractivity contribution in [3.8, 4) is 5.75 Å². The van der Waals surface area contributed by atoms with Gasteiger partial charge in [-0.15, -0.1) is 0 Å². The minimum atomic E-state index is -0.474. The SMILES string of the molecule is CC(C)OC(=O)C=Nc1ccc(O)cc1. The molecule has 1 aromatic rings. The van der Waals surface area contributed by atoms with Gasteiger partial charge in [-0.2, -0.15) is 0 Å². The molecule has 0 aliphatic carbocycles. The van der Waals surface area contributed by atoms with Gasteiger partial charge in [0.2, 0.25) is 0 Å². The van der Waals surface area contributed by atoms with Gasteiger partial charge >= 0.3 is 5.97 Å². The predicted octanol–water partition coefficient (Wildman–Crippen LogP) is 2.05. The van der Waals surface area contributed by atoms with E-state index < -0.39 is 5.97 Å². The number of hydrogen-bond acceptors (Lipinski definition) is 4. The highest BCUT2D eigenvalue weighted by Crippen LogP contribution is 2.15. The summed E-state index contributed by atoms with van der Waals surface area (Å²) in [5, 5.41) is 9.01. The third-order valence-corrected chi connectivity index (χ3v) is 1.52. The van der Waals surface area contributed by atoms with Crippen molar-refractivity contribution in [2.24, 2.45) is 4.99 Å². The standard InChI is InChI=1S/C11H13NO3/c1-8(2)15-11(14)7-12-9-3-5-10(13)6-4-9/h3-8,13H,1-2H3. The van der Waals surface area contributed by atoms with E-state index in [1.807, 2.05) is 0 Å². The second-order valence-electron chi connectivity index (χ2n) is 3.26. The first-order valence-electron chi connectivity index (χ1n) is 4.61. The molecule has 0 aromatic heterocycles. The number of nitrogens with zero attached hydrogens (tertiary/aromatic N) is 1. The fourth-order valence-corrected chi connectivity index (χ4v) is 0.929. The third kappa shape index (κ3) is 4.26. The van der Waals surface area contributed by atoms with Crippen LogP contribution in [0, 0.1) is 0 Å².